The Balaban J connectivity index is 1.48. The highest BCUT2D eigenvalue weighted by Gasteiger charge is 2.28. The molecule has 1 saturated carbocycles. The molecular formula is C13H21N3O2. The van der Waals surface area contributed by atoms with E-state index < -0.39 is 0 Å². The Morgan fingerprint density at radius 2 is 2.17 bits per heavy atom. The van der Waals surface area contributed by atoms with Crippen LogP contribution in [0.5, 0.6) is 0 Å². The van der Waals surface area contributed by atoms with Gasteiger partial charge in [0.05, 0.1) is 6.61 Å². The van der Waals surface area contributed by atoms with Crippen molar-refractivity contribution in [2.45, 2.75) is 38.2 Å². The third-order valence-corrected chi connectivity index (χ3v) is 3.98. The first-order valence-corrected chi connectivity index (χ1v) is 6.86. The molecular weight excluding hydrogens is 230 g/mol. The molecule has 100 valence electrons. The van der Waals surface area contributed by atoms with Crippen molar-refractivity contribution in [3.05, 3.63) is 11.8 Å². The third kappa shape index (κ3) is 2.42. The molecule has 1 aromatic rings. The minimum atomic E-state index is -0.0859. The molecule has 0 aromatic carbocycles. The number of hydrogen-bond donors (Lipinski definition) is 0. The quantitative estimate of drug-likeness (QED) is 0.801. The van der Waals surface area contributed by atoms with Crippen molar-refractivity contribution in [1.82, 2.24) is 15.1 Å². The van der Waals surface area contributed by atoms with Crippen LogP contribution in [-0.2, 0) is 4.74 Å². The van der Waals surface area contributed by atoms with Crippen LogP contribution in [0.1, 0.15) is 50.0 Å². The first kappa shape index (κ1) is 12.1. The molecule has 18 heavy (non-hydrogen) atoms. The molecule has 0 spiro atoms. The van der Waals surface area contributed by atoms with Crippen molar-refractivity contribution < 1.29 is 9.15 Å². The van der Waals surface area contributed by atoms with Crippen molar-refractivity contribution >= 4 is 0 Å². The van der Waals surface area contributed by atoms with Crippen molar-refractivity contribution in [2.75, 3.05) is 26.7 Å². The van der Waals surface area contributed by atoms with Crippen LogP contribution in [0.3, 0.4) is 0 Å². The van der Waals surface area contributed by atoms with Crippen LogP contribution >= 0.6 is 0 Å². The lowest BCUT2D eigenvalue weighted by Crippen LogP contribution is -2.45. The number of likely N-dealkylation sites (tertiary alicyclic amines) is 1. The topological polar surface area (TPSA) is 51.4 Å². The number of nitrogens with zero attached hydrogens (tertiary/aromatic N) is 3. The summed E-state index contributed by atoms with van der Waals surface area (Å²) in [6.45, 7) is 5.03. The predicted octanol–water partition coefficient (Wildman–Crippen LogP) is 1.98. The molecule has 0 radical (unpaired) electrons. The summed E-state index contributed by atoms with van der Waals surface area (Å²) in [6.07, 6.45) is 3.57. The second-order valence-electron chi connectivity index (χ2n) is 5.67. The first-order valence-electron chi connectivity index (χ1n) is 6.86. The van der Waals surface area contributed by atoms with E-state index in [2.05, 4.69) is 22.1 Å². The molecule has 0 amide bonds. The first-order chi connectivity index (χ1) is 8.72. The molecule has 1 aliphatic heterocycles. The number of ether oxygens (including phenoxy) is 1. The highest BCUT2D eigenvalue weighted by molar-refractivity contribution is 4.97. The lowest BCUT2D eigenvalue weighted by molar-refractivity contribution is -0.0178. The molecule has 3 rings (SSSR count). The number of rotatable bonds is 5. The van der Waals surface area contributed by atoms with E-state index in [-0.39, 0.29) is 6.10 Å². The summed E-state index contributed by atoms with van der Waals surface area (Å²) in [5.74, 6) is 2.59. The van der Waals surface area contributed by atoms with E-state index in [0.29, 0.717) is 17.7 Å². The summed E-state index contributed by atoms with van der Waals surface area (Å²) in [4.78, 5) is 2.29. The fourth-order valence-electron chi connectivity index (χ4n) is 2.52. The van der Waals surface area contributed by atoms with Gasteiger partial charge in [0.2, 0.25) is 11.8 Å². The maximum atomic E-state index is 5.80. The van der Waals surface area contributed by atoms with E-state index in [1.807, 2.05) is 6.92 Å². The lowest BCUT2D eigenvalue weighted by Gasteiger charge is -2.36. The van der Waals surface area contributed by atoms with Crippen molar-refractivity contribution in [1.29, 1.82) is 0 Å². The molecule has 2 fully saturated rings. The van der Waals surface area contributed by atoms with Gasteiger partial charge in [0, 0.05) is 24.9 Å². The van der Waals surface area contributed by atoms with Gasteiger partial charge in [-0.2, -0.15) is 0 Å². The summed E-state index contributed by atoms with van der Waals surface area (Å²) in [5.41, 5.74) is 0. The Hall–Kier alpha value is -0.940. The highest BCUT2D eigenvalue weighted by Crippen LogP contribution is 2.36. The van der Waals surface area contributed by atoms with E-state index in [0.717, 1.165) is 25.6 Å². The molecule has 1 saturated heterocycles. The highest BCUT2D eigenvalue weighted by atomic mass is 16.5. The Morgan fingerprint density at radius 3 is 2.78 bits per heavy atom. The SMILES string of the molecule is CC(OCC1CN(C)C1)c1nnc(C2CCC2)o1. The van der Waals surface area contributed by atoms with Gasteiger partial charge in [0.1, 0.15) is 6.10 Å². The molecule has 1 unspecified atom stereocenters. The van der Waals surface area contributed by atoms with E-state index in [1.165, 1.54) is 19.3 Å². The van der Waals surface area contributed by atoms with Crippen LogP contribution in [0.25, 0.3) is 0 Å². The summed E-state index contributed by atoms with van der Waals surface area (Å²) in [7, 11) is 2.13. The van der Waals surface area contributed by atoms with Crippen LogP contribution in [0.15, 0.2) is 4.42 Å². The molecule has 1 aromatic heterocycles. The Kier molecular flexibility index (Phi) is 3.35. The Morgan fingerprint density at radius 1 is 1.39 bits per heavy atom. The van der Waals surface area contributed by atoms with Crippen LogP contribution in [0.2, 0.25) is 0 Å². The zero-order valence-corrected chi connectivity index (χ0v) is 11.1. The van der Waals surface area contributed by atoms with E-state index in [4.69, 9.17) is 9.15 Å². The van der Waals surface area contributed by atoms with Crippen LogP contribution < -0.4 is 0 Å². The van der Waals surface area contributed by atoms with E-state index >= 15 is 0 Å². The van der Waals surface area contributed by atoms with Crippen LogP contribution in [0, 0.1) is 5.92 Å². The summed E-state index contributed by atoms with van der Waals surface area (Å²) in [5, 5.41) is 8.23. The summed E-state index contributed by atoms with van der Waals surface area (Å²) in [6, 6.07) is 0. The van der Waals surface area contributed by atoms with Crippen molar-refractivity contribution in [3.8, 4) is 0 Å². The van der Waals surface area contributed by atoms with Gasteiger partial charge in [0.15, 0.2) is 0 Å². The fourth-order valence-corrected chi connectivity index (χ4v) is 2.52. The van der Waals surface area contributed by atoms with Gasteiger partial charge in [-0.3, -0.25) is 0 Å². The zero-order valence-electron chi connectivity index (χ0n) is 11.1. The molecule has 5 heteroatoms. The van der Waals surface area contributed by atoms with Crippen LogP contribution in [-0.4, -0.2) is 41.8 Å². The van der Waals surface area contributed by atoms with Gasteiger partial charge in [-0.1, -0.05) is 6.42 Å². The molecule has 0 bridgehead atoms. The number of hydrogen-bond acceptors (Lipinski definition) is 5. The molecule has 5 nitrogen and oxygen atoms in total. The van der Waals surface area contributed by atoms with Gasteiger partial charge in [-0.25, -0.2) is 0 Å². The average molecular weight is 251 g/mol. The summed E-state index contributed by atoms with van der Waals surface area (Å²) < 4.78 is 11.5. The Labute approximate surface area is 108 Å². The minimum absolute atomic E-state index is 0.0859. The minimum Gasteiger partial charge on any atom is -0.422 e. The van der Waals surface area contributed by atoms with E-state index in [1.54, 1.807) is 0 Å². The van der Waals surface area contributed by atoms with Gasteiger partial charge >= 0.3 is 0 Å². The lowest BCUT2D eigenvalue weighted by atomic mass is 9.85. The largest absolute Gasteiger partial charge is 0.422 e. The van der Waals surface area contributed by atoms with Gasteiger partial charge < -0.3 is 14.1 Å². The fraction of sp³-hybridized carbons (Fsp3) is 0.846. The monoisotopic (exact) mass is 251 g/mol. The van der Waals surface area contributed by atoms with E-state index in [9.17, 15) is 0 Å². The molecule has 2 heterocycles. The normalized spacial score (nSPS) is 23.7. The molecule has 2 aliphatic rings. The average Bonchev–Trinajstić information content (AvgIpc) is 2.69. The zero-order chi connectivity index (χ0) is 12.5. The third-order valence-electron chi connectivity index (χ3n) is 3.98. The molecule has 0 N–H and O–H groups in total. The predicted molar refractivity (Wildman–Crippen MR) is 66.2 cm³/mol. The standard InChI is InChI=1S/C13H21N3O2/c1-9(17-8-10-6-16(2)7-10)12-14-15-13(18-12)11-4-3-5-11/h9-11H,3-8H2,1-2H3. The number of aromatic nitrogens is 2. The smallest absolute Gasteiger partial charge is 0.244 e. The Bertz CT molecular complexity index is 397. The second-order valence-corrected chi connectivity index (χ2v) is 5.67. The van der Waals surface area contributed by atoms with Crippen molar-refractivity contribution in [3.63, 3.8) is 0 Å². The van der Waals surface area contributed by atoms with Gasteiger partial charge in [0.25, 0.3) is 0 Å². The summed E-state index contributed by atoms with van der Waals surface area (Å²) >= 11 is 0. The second kappa shape index (κ2) is 4.97. The van der Waals surface area contributed by atoms with Crippen molar-refractivity contribution in [2.24, 2.45) is 5.92 Å². The maximum Gasteiger partial charge on any atom is 0.244 e. The molecule has 1 aliphatic carbocycles. The van der Waals surface area contributed by atoms with Gasteiger partial charge in [-0.15, -0.1) is 10.2 Å². The maximum absolute atomic E-state index is 5.80. The van der Waals surface area contributed by atoms with Crippen LogP contribution in [0.4, 0.5) is 0 Å². The van der Waals surface area contributed by atoms with Gasteiger partial charge in [-0.05, 0) is 26.8 Å². The molecule has 1 atom stereocenters.